The first-order valence-electron chi connectivity index (χ1n) is 5.04. The van der Waals surface area contributed by atoms with E-state index in [4.69, 9.17) is 0 Å². The van der Waals surface area contributed by atoms with Gasteiger partial charge in [0.05, 0.1) is 5.92 Å². The van der Waals surface area contributed by atoms with Crippen LogP contribution in [0.2, 0.25) is 0 Å². The zero-order valence-electron chi connectivity index (χ0n) is 8.23. The zero-order chi connectivity index (χ0) is 10.8. The summed E-state index contributed by atoms with van der Waals surface area (Å²) >= 11 is 0. The van der Waals surface area contributed by atoms with Gasteiger partial charge in [0.1, 0.15) is 5.78 Å². The third-order valence-corrected chi connectivity index (χ3v) is 2.99. The van der Waals surface area contributed by atoms with Gasteiger partial charge in [-0.2, -0.15) is 13.2 Å². The van der Waals surface area contributed by atoms with Crippen molar-refractivity contribution in [1.29, 1.82) is 0 Å². The summed E-state index contributed by atoms with van der Waals surface area (Å²) in [4.78, 5) is 11.2. The molecule has 1 rings (SSSR count). The first-order chi connectivity index (χ1) is 6.45. The molecule has 0 spiro atoms. The van der Waals surface area contributed by atoms with Crippen molar-refractivity contribution in [3.8, 4) is 0 Å². The van der Waals surface area contributed by atoms with Crippen molar-refractivity contribution in [2.45, 2.75) is 45.2 Å². The number of carbonyl (C=O) groups is 1. The smallest absolute Gasteiger partial charge is 0.299 e. The Labute approximate surface area is 81.7 Å². The maximum Gasteiger partial charge on any atom is 0.391 e. The van der Waals surface area contributed by atoms with E-state index < -0.39 is 12.1 Å². The summed E-state index contributed by atoms with van der Waals surface area (Å²) in [5.41, 5.74) is 0. The average Bonchev–Trinajstić information content (AvgIpc) is 2.15. The molecule has 0 aromatic carbocycles. The molecule has 0 bridgehead atoms. The van der Waals surface area contributed by atoms with Crippen LogP contribution in [0.3, 0.4) is 0 Å². The van der Waals surface area contributed by atoms with E-state index in [9.17, 15) is 18.0 Å². The maximum atomic E-state index is 12.3. The van der Waals surface area contributed by atoms with Crippen LogP contribution in [0.1, 0.15) is 39.0 Å². The molecule has 14 heavy (non-hydrogen) atoms. The van der Waals surface area contributed by atoms with Crippen LogP contribution in [0.5, 0.6) is 0 Å². The van der Waals surface area contributed by atoms with Crippen molar-refractivity contribution >= 4 is 5.78 Å². The van der Waals surface area contributed by atoms with Gasteiger partial charge in [-0.1, -0.05) is 6.92 Å². The van der Waals surface area contributed by atoms with Crippen molar-refractivity contribution in [1.82, 2.24) is 0 Å². The molecule has 0 unspecified atom stereocenters. The SMILES string of the molecule is CCC(=O)C1CCC(C(F)(F)F)CC1. The van der Waals surface area contributed by atoms with Crippen LogP contribution in [0.15, 0.2) is 0 Å². The number of hydrogen-bond donors (Lipinski definition) is 0. The number of alkyl halides is 3. The Morgan fingerprint density at radius 3 is 2.07 bits per heavy atom. The maximum absolute atomic E-state index is 12.3. The summed E-state index contributed by atoms with van der Waals surface area (Å²) in [5.74, 6) is -1.17. The van der Waals surface area contributed by atoms with Crippen LogP contribution >= 0.6 is 0 Å². The second-order valence-electron chi connectivity index (χ2n) is 3.91. The first-order valence-corrected chi connectivity index (χ1v) is 5.04. The van der Waals surface area contributed by atoms with E-state index in [2.05, 4.69) is 0 Å². The molecule has 1 aliphatic carbocycles. The van der Waals surface area contributed by atoms with Gasteiger partial charge in [0.15, 0.2) is 0 Å². The summed E-state index contributed by atoms with van der Waals surface area (Å²) in [6.07, 6.45) is -2.55. The first kappa shape index (κ1) is 11.5. The van der Waals surface area contributed by atoms with Crippen LogP contribution in [0, 0.1) is 11.8 Å². The van der Waals surface area contributed by atoms with Crippen LogP contribution in [-0.2, 0) is 4.79 Å². The molecule has 1 fully saturated rings. The Kier molecular flexibility index (Phi) is 3.56. The van der Waals surface area contributed by atoms with Gasteiger partial charge >= 0.3 is 6.18 Å². The molecule has 0 aromatic rings. The predicted octanol–water partition coefficient (Wildman–Crippen LogP) is 3.33. The summed E-state index contributed by atoms with van der Waals surface area (Å²) in [6, 6.07) is 0. The van der Waals surface area contributed by atoms with Crippen LogP contribution in [0.4, 0.5) is 13.2 Å². The molecule has 82 valence electrons. The number of hydrogen-bond acceptors (Lipinski definition) is 1. The molecule has 0 amide bonds. The van der Waals surface area contributed by atoms with Crippen LogP contribution < -0.4 is 0 Å². The van der Waals surface area contributed by atoms with Gasteiger partial charge in [-0.15, -0.1) is 0 Å². The largest absolute Gasteiger partial charge is 0.391 e. The molecular formula is C10H15F3O. The molecule has 4 heteroatoms. The van der Waals surface area contributed by atoms with Gasteiger partial charge in [-0.25, -0.2) is 0 Å². The lowest BCUT2D eigenvalue weighted by molar-refractivity contribution is -0.184. The fourth-order valence-electron chi connectivity index (χ4n) is 2.03. The summed E-state index contributed by atoms with van der Waals surface area (Å²) in [7, 11) is 0. The minimum Gasteiger partial charge on any atom is -0.299 e. The Morgan fingerprint density at radius 1 is 1.21 bits per heavy atom. The van der Waals surface area contributed by atoms with Crippen molar-refractivity contribution in [2.75, 3.05) is 0 Å². The highest BCUT2D eigenvalue weighted by molar-refractivity contribution is 5.80. The molecule has 0 atom stereocenters. The minimum atomic E-state index is -4.07. The lowest BCUT2D eigenvalue weighted by atomic mass is 9.79. The minimum absolute atomic E-state index is 0.112. The average molecular weight is 208 g/mol. The summed E-state index contributed by atoms with van der Waals surface area (Å²) < 4.78 is 36.8. The second-order valence-corrected chi connectivity index (χ2v) is 3.91. The van der Waals surface area contributed by atoms with Crippen LogP contribution in [-0.4, -0.2) is 12.0 Å². The van der Waals surface area contributed by atoms with E-state index in [1.165, 1.54) is 0 Å². The molecule has 0 N–H and O–H groups in total. The Morgan fingerprint density at radius 2 is 1.71 bits per heavy atom. The highest BCUT2D eigenvalue weighted by Crippen LogP contribution is 2.39. The molecule has 1 nitrogen and oxygen atoms in total. The Balaban J connectivity index is 2.43. The fraction of sp³-hybridized carbons (Fsp3) is 0.900. The standard InChI is InChI=1S/C10H15F3O/c1-2-9(14)7-3-5-8(6-4-7)10(11,12)13/h7-8H,2-6H2,1H3. The quantitative estimate of drug-likeness (QED) is 0.680. The number of ketones is 1. The summed E-state index contributed by atoms with van der Waals surface area (Å²) in [6.45, 7) is 1.76. The molecule has 1 saturated carbocycles. The number of carbonyl (C=O) groups excluding carboxylic acids is 1. The van der Waals surface area contributed by atoms with E-state index in [0.29, 0.717) is 19.3 Å². The molecule has 0 heterocycles. The molecule has 0 saturated heterocycles. The fourth-order valence-corrected chi connectivity index (χ4v) is 2.03. The van der Waals surface area contributed by atoms with Crippen molar-refractivity contribution in [2.24, 2.45) is 11.8 Å². The lowest BCUT2D eigenvalue weighted by Gasteiger charge is -2.28. The van der Waals surface area contributed by atoms with Gasteiger partial charge in [-0.3, -0.25) is 4.79 Å². The number of halogens is 3. The van der Waals surface area contributed by atoms with E-state index in [-0.39, 0.29) is 24.5 Å². The van der Waals surface area contributed by atoms with E-state index in [1.54, 1.807) is 6.92 Å². The van der Waals surface area contributed by atoms with Crippen molar-refractivity contribution < 1.29 is 18.0 Å². The second kappa shape index (κ2) is 4.32. The molecule has 0 radical (unpaired) electrons. The van der Waals surface area contributed by atoms with Gasteiger partial charge < -0.3 is 0 Å². The van der Waals surface area contributed by atoms with Gasteiger partial charge in [0, 0.05) is 12.3 Å². The lowest BCUT2D eigenvalue weighted by Crippen LogP contribution is -2.30. The normalized spacial score (nSPS) is 28.9. The van der Waals surface area contributed by atoms with E-state index in [1.807, 2.05) is 0 Å². The number of Topliss-reactive ketones (excluding diaryl/α,β-unsaturated/α-hetero) is 1. The number of rotatable bonds is 2. The zero-order valence-corrected chi connectivity index (χ0v) is 8.23. The van der Waals surface area contributed by atoms with Gasteiger partial charge in [-0.05, 0) is 25.7 Å². The van der Waals surface area contributed by atoms with Gasteiger partial charge in [0.25, 0.3) is 0 Å². The third kappa shape index (κ3) is 2.72. The molecule has 0 aliphatic heterocycles. The van der Waals surface area contributed by atoms with E-state index in [0.717, 1.165) is 0 Å². The highest BCUT2D eigenvalue weighted by Gasteiger charge is 2.42. The van der Waals surface area contributed by atoms with Crippen molar-refractivity contribution in [3.05, 3.63) is 0 Å². The molecular weight excluding hydrogens is 193 g/mol. The predicted molar refractivity (Wildman–Crippen MR) is 46.8 cm³/mol. The van der Waals surface area contributed by atoms with E-state index >= 15 is 0 Å². The summed E-state index contributed by atoms with van der Waals surface area (Å²) in [5, 5.41) is 0. The molecule has 0 aromatic heterocycles. The Hall–Kier alpha value is -0.540. The van der Waals surface area contributed by atoms with Crippen molar-refractivity contribution in [3.63, 3.8) is 0 Å². The van der Waals surface area contributed by atoms with Crippen LogP contribution in [0.25, 0.3) is 0 Å². The third-order valence-electron chi connectivity index (χ3n) is 2.99. The Bertz CT molecular complexity index is 202. The van der Waals surface area contributed by atoms with Gasteiger partial charge in [0.2, 0.25) is 0 Å². The monoisotopic (exact) mass is 208 g/mol. The highest BCUT2D eigenvalue weighted by atomic mass is 19.4. The molecule has 1 aliphatic rings. The topological polar surface area (TPSA) is 17.1 Å².